The van der Waals surface area contributed by atoms with Gasteiger partial charge in [-0.1, -0.05) is 6.92 Å². The lowest BCUT2D eigenvalue weighted by Crippen LogP contribution is -2.08. The van der Waals surface area contributed by atoms with Crippen molar-refractivity contribution in [1.29, 1.82) is 0 Å². The summed E-state index contributed by atoms with van der Waals surface area (Å²) in [6.07, 6.45) is 3.95. The summed E-state index contributed by atoms with van der Waals surface area (Å²) in [5.41, 5.74) is 2.35. The highest BCUT2D eigenvalue weighted by atomic mass is 79.9. The van der Waals surface area contributed by atoms with Crippen molar-refractivity contribution >= 4 is 32.8 Å². The number of halogens is 1. The van der Waals surface area contributed by atoms with Crippen LogP contribution in [0.3, 0.4) is 0 Å². The molecule has 0 aliphatic carbocycles. The first kappa shape index (κ1) is 12.0. The minimum atomic E-state index is -0.933. The Kier molecular flexibility index (Phi) is 3.11. The van der Waals surface area contributed by atoms with Crippen molar-refractivity contribution < 1.29 is 9.90 Å². The number of aryl methyl sites for hydroxylation is 2. The molecule has 2 rings (SSSR count). The summed E-state index contributed by atoms with van der Waals surface area (Å²) in [7, 11) is 0. The van der Waals surface area contributed by atoms with E-state index in [1.54, 1.807) is 19.3 Å². The summed E-state index contributed by atoms with van der Waals surface area (Å²) in [6, 6.07) is 0. The van der Waals surface area contributed by atoms with E-state index >= 15 is 0 Å². The molecule has 0 radical (unpaired) electrons. The Balaban J connectivity index is 2.98. The van der Waals surface area contributed by atoms with Gasteiger partial charge in [-0.05, 0) is 34.8 Å². The standard InChI is InChI=1S/C12H11BrN2O2/c1-3-7-10(12(16)17)6(2)15-9-5-14-4-8(13)11(7)9/h4-5H,3H2,1-2H3,(H,16,17). The highest BCUT2D eigenvalue weighted by molar-refractivity contribution is 9.10. The van der Waals surface area contributed by atoms with Crippen molar-refractivity contribution in [3.05, 3.63) is 33.7 Å². The molecule has 0 aromatic carbocycles. The zero-order chi connectivity index (χ0) is 12.6. The van der Waals surface area contributed by atoms with Crippen molar-refractivity contribution in [2.45, 2.75) is 20.3 Å². The molecule has 0 saturated carbocycles. The summed E-state index contributed by atoms with van der Waals surface area (Å²) in [6.45, 7) is 3.65. The van der Waals surface area contributed by atoms with Crippen LogP contribution in [0.2, 0.25) is 0 Å². The van der Waals surface area contributed by atoms with E-state index in [2.05, 4.69) is 25.9 Å². The van der Waals surface area contributed by atoms with Crippen LogP contribution in [0.5, 0.6) is 0 Å². The van der Waals surface area contributed by atoms with Gasteiger partial charge in [0, 0.05) is 16.1 Å². The molecule has 88 valence electrons. The fourth-order valence-corrected chi connectivity index (χ4v) is 2.59. The Morgan fingerprint density at radius 2 is 2.18 bits per heavy atom. The van der Waals surface area contributed by atoms with Gasteiger partial charge in [0.2, 0.25) is 0 Å². The number of carboxylic acid groups (broad SMARTS) is 1. The molecule has 1 N–H and O–H groups in total. The third kappa shape index (κ3) is 1.91. The molecule has 0 aliphatic rings. The second kappa shape index (κ2) is 4.41. The van der Waals surface area contributed by atoms with Crippen LogP contribution in [0.4, 0.5) is 0 Å². The zero-order valence-corrected chi connectivity index (χ0v) is 11.1. The fourth-order valence-electron chi connectivity index (χ4n) is 2.03. The van der Waals surface area contributed by atoms with E-state index < -0.39 is 5.97 Å². The number of aromatic nitrogens is 2. The van der Waals surface area contributed by atoms with Gasteiger partial charge in [0.05, 0.1) is 23.0 Å². The molecule has 2 aromatic heterocycles. The van der Waals surface area contributed by atoms with Gasteiger partial charge in [-0.3, -0.25) is 9.97 Å². The van der Waals surface area contributed by atoms with Crippen molar-refractivity contribution in [2.24, 2.45) is 0 Å². The van der Waals surface area contributed by atoms with E-state index in [4.69, 9.17) is 0 Å². The first-order chi connectivity index (χ1) is 8.06. The number of hydrogen-bond acceptors (Lipinski definition) is 3. The van der Waals surface area contributed by atoms with Gasteiger partial charge >= 0.3 is 5.97 Å². The number of carbonyl (C=O) groups is 1. The molecular weight excluding hydrogens is 284 g/mol. The van der Waals surface area contributed by atoms with E-state index in [0.29, 0.717) is 17.7 Å². The predicted molar refractivity (Wildman–Crippen MR) is 68.3 cm³/mol. The average molecular weight is 295 g/mol. The molecule has 0 bridgehead atoms. The first-order valence-electron chi connectivity index (χ1n) is 5.22. The maximum absolute atomic E-state index is 11.3. The van der Waals surface area contributed by atoms with E-state index in [9.17, 15) is 9.90 Å². The molecular formula is C12H11BrN2O2. The van der Waals surface area contributed by atoms with Gasteiger partial charge in [0.15, 0.2) is 0 Å². The van der Waals surface area contributed by atoms with Gasteiger partial charge in [0.25, 0.3) is 0 Å². The Hall–Kier alpha value is -1.49. The van der Waals surface area contributed by atoms with Crippen LogP contribution in [0, 0.1) is 6.92 Å². The molecule has 0 atom stereocenters. The van der Waals surface area contributed by atoms with E-state index in [1.807, 2.05) is 6.92 Å². The first-order valence-corrected chi connectivity index (χ1v) is 6.01. The molecule has 2 heterocycles. The van der Waals surface area contributed by atoms with Crippen LogP contribution < -0.4 is 0 Å². The number of nitrogens with zero attached hydrogens (tertiary/aromatic N) is 2. The molecule has 0 fully saturated rings. The maximum Gasteiger partial charge on any atom is 0.337 e. The molecule has 0 amide bonds. The smallest absolute Gasteiger partial charge is 0.337 e. The van der Waals surface area contributed by atoms with Crippen molar-refractivity contribution in [3.63, 3.8) is 0 Å². The monoisotopic (exact) mass is 294 g/mol. The van der Waals surface area contributed by atoms with Gasteiger partial charge in [-0.25, -0.2) is 4.79 Å². The average Bonchev–Trinajstić information content (AvgIpc) is 2.26. The van der Waals surface area contributed by atoms with Crippen LogP contribution in [-0.4, -0.2) is 21.0 Å². The fraction of sp³-hybridized carbons (Fsp3) is 0.250. The van der Waals surface area contributed by atoms with Gasteiger partial charge < -0.3 is 5.11 Å². The number of hydrogen-bond donors (Lipinski definition) is 1. The number of rotatable bonds is 2. The summed E-state index contributed by atoms with van der Waals surface area (Å²) < 4.78 is 0.779. The second-order valence-electron chi connectivity index (χ2n) is 3.72. The Morgan fingerprint density at radius 3 is 2.76 bits per heavy atom. The Morgan fingerprint density at radius 1 is 1.47 bits per heavy atom. The SMILES string of the molecule is CCc1c(C(=O)O)c(C)nc2cncc(Br)c12. The largest absolute Gasteiger partial charge is 0.478 e. The molecule has 0 saturated heterocycles. The van der Waals surface area contributed by atoms with Crippen molar-refractivity contribution in [2.75, 3.05) is 0 Å². The Labute approximate surface area is 107 Å². The maximum atomic E-state index is 11.3. The summed E-state index contributed by atoms with van der Waals surface area (Å²) in [4.78, 5) is 19.6. The minimum absolute atomic E-state index is 0.298. The molecule has 4 nitrogen and oxygen atoms in total. The number of aromatic carboxylic acids is 1. The summed E-state index contributed by atoms with van der Waals surface area (Å²) >= 11 is 3.40. The topological polar surface area (TPSA) is 63.1 Å². The van der Waals surface area contributed by atoms with Gasteiger partial charge in [-0.15, -0.1) is 0 Å². The third-order valence-corrected chi connectivity index (χ3v) is 3.30. The molecule has 17 heavy (non-hydrogen) atoms. The van der Waals surface area contributed by atoms with Crippen LogP contribution in [0.25, 0.3) is 10.9 Å². The lowest BCUT2D eigenvalue weighted by molar-refractivity contribution is 0.0694. The minimum Gasteiger partial charge on any atom is -0.478 e. The van der Waals surface area contributed by atoms with Crippen molar-refractivity contribution in [3.8, 4) is 0 Å². The quantitative estimate of drug-likeness (QED) is 0.925. The zero-order valence-electron chi connectivity index (χ0n) is 9.49. The highest BCUT2D eigenvalue weighted by Gasteiger charge is 2.18. The highest BCUT2D eigenvalue weighted by Crippen LogP contribution is 2.29. The van der Waals surface area contributed by atoms with E-state index in [-0.39, 0.29) is 0 Å². The normalized spacial score (nSPS) is 10.8. The Bertz CT molecular complexity index is 611. The lowest BCUT2D eigenvalue weighted by atomic mass is 10.00. The number of fused-ring (bicyclic) bond motifs is 1. The van der Waals surface area contributed by atoms with Gasteiger partial charge in [0.1, 0.15) is 0 Å². The molecule has 2 aromatic rings. The van der Waals surface area contributed by atoms with E-state index in [0.717, 1.165) is 20.9 Å². The van der Waals surface area contributed by atoms with Crippen LogP contribution >= 0.6 is 15.9 Å². The number of pyridine rings is 2. The van der Waals surface area contributed by atoms with Crippen molar-refractivity contribution in [1.82, 2.24) is 9.97 Å². The second-order valence-corrected chi connectivity index (χ2v) is 4.58. The number of carboxylic acids is 1. The molecule has 0 unspecified atom stereocenters. The summed E-state index contributed by atoms with van der Waals surface area (Å²) in [5, 5.41) is 10.1. The predicted octanol–water partition coefficient (Wildman–Crippen LogP) is 2.96. The van der Waals surface area contributed by atoms with Crippen LogP contribution in [-0.2, 0) is 6.42 Å². The third-order valence-electron chi connectivity index (χ3n) is 2.70. The van der Waals surface area contributed by atoms with Gasteiger partial charge in [-0.2, -0.15) is 0 Å². The lowest BCUT2D eigenvalue weighted by Gasteiger charge is -2.11. The molecule has 0 aliphatic heterocycles. The molecule has 5 heteroatoms. The van der Waals surface area contributed by atoms with E-state index in [1.165, 1.54) is 0 Å². The van der Waals surface area contributed by atoms with Crippen LogP contribution in [0.1, 0.15) is 28.5 Å². The van der Waals surface area contributed by atoms with Crippen LogP contribution in [0.15, 0.2) is 16.9 Å². The summed E-state index contributed by atoms with van der Waals surface area (Å²) in [5.74, 6) is -0.933. The molecule has 0 spiro atoms.